The van der Waals surface area contributed by atoms with Gasteiger partial charge in [0.05, 0.1) is 0 Å². The van der Waals surface area contributed by atoms with Crippen LogP contribution in [0.4, 0.5) is 0 Å². The highest BCUT2D eigenvalue weighted by Crippen LogP contribution is 2.41. The summed E-state index contributed by atoms with van der Waals surface area (Å²) in [5, 5.41) is 0. The maximum atomic E-state index is 2.53. The molecule has 0 heterocycles. The first-order valence-electron chi connectivity index (χ1n) is 9.95. The van der Waals surface area contributed by atoms with E-state index in [1.54, 1.807) is 0 Å². The second kappa shape index (κ2) is 10.4. The topological polar surface area (TPSA) is 0 Å². The van der Waals surface area contributed by atoms with E-state index < -0.39 is 0 Å². The monoisotopic (exact) mass is 342 g/mol. The Hall–Kier alpha value is 0.350. The van der Waals surface area contributed by atoms with Crippen LogP contribution in [0.3, 0.4) is 0 Å². The number of hydrogen-bond donors (Lipinski definition) is 0. The second-order valence-corrected chi connectivity index (χ2v) is 11.1. The molecule has 1 heteroatoms. The molecule has 0 spiro atoms. The van der Waals surface area contributed by atoms with Gasteiger partial charge in [-0.25, -0.2) is 0 Å². The van der Waals surface area contributed by atoms with Crippen molar-refractivity contribution in [3.8, 4) is 0 Å². The first kappa shape index (κ1) is 23.4. The van der Waals surface area contributed by atoms with Crippen LogP contribution in [0.2, 0.25) is 0 Å². The molecule has 0 nitrogen and oxygen atoms in total. The number of thioether (sulfide) groups is 1. The lowest BCUT2D eigenvalue weighted by molar-refractivity contribution is 0.157. The van der Waals surface area contributed by atoms with Crippen LogP contribution in [0.25, 0.3) is 0 Å². The van der Waals surface area contributed by atoms with Crippen molar-refractivity contribution in [3.63, 3.8) is 0 Å². The Balaban J connectivity index is 4.33. The summed E-state index contributed by atoms with van der Waals surface area (Å²) >= 11 is 1.98. The van der Waals surface area contributed by atoms with Gasteiger partial charge < -0.3 is 0 Å². The Labute approximate surface area is 153 Å². The molecule has 0 aliphatic carbocycles. The number of rotatable bonds is 12. The molecule has 0 aromatic rings. The molecule has 0 aliphatic rings. The van der Waals surface area contributed by atoms with E-state index in [9.17, 15) is 0 Å². The van der Waals surface area contributed by atoms with Crippen molar-refractivity contribution in [2.75, 3.05) is 12.0 Å². The average molecular weight is 343 g/mol. The van der Waals surface area contributed by atoms with Gasteiger partial charge in [-0.3, -0.25) is 0 Å². The largest absolute Gasteiger partial charge is 0.165 e. The molecule has 0 rings (SSSR count). The third kappa shape index (κ3) is 10.7. The maximum Gasteiger partial charge on any atom is -0.00703 e. The van der Waals surface area contributed by atoms with Gasteiger partial charge in [-0.2, -0.15) is 11.8 Å². The van der Waals surface area contributed by atoms with Crippen LogP contribution in [-0.4, -0.2) is 12.0 Å². The third-order valence-electron chi connectivity index (χ3n) is 6.37. The smallest absolute Gasteiger partial charge is 0.00703 e. The predicted octanol–water partition coefficient (Wildman–Crippen LogP) is 8.20. The van der Waals surface area contributed by atoms with Crippen LogP contribution in [-0.2, 0) is 0 Å². The van der Waals surface area contributed by atoms with Gasteiger partial charge in [-0.05, 0) is 72.7 Å². The van der Waals surface area contributed by atoms with Crippen molar-refractivity contribution in [3.05, 3.63) is 0 Å². The van der Waals surface area contributed by atoms with Crippen LogP contribution >= 0.6 is 11.8 Å². The summed E-state index contributed by atoms with van der Waals surface area (Å²) in [5.74, 6) is 2.14. The summed E-state index contributed by atoms with van der Waals surface area (Å²) in [6.45, 7) is 19.5. The molecule has 0 bridgehead atoms. The van der Waals surface area contributed by atoms with E-state index in [0.29, 0.717) is 16.2 Å². The highest BCUT2D eigenvalue weighted by molar-refractivity contribution is 7.98. The van der Waals surface area contributed by atoms with E-state index >= 15 is 0 Å². The van der Waals surface area contributed by atoms with E-state index in [4.69, 9.17) is 0 Å². The second-order valence-electron chi connectivity index (χ2n) is 10.1. The van der Waals surface area contributed by atoms with Gasteiger partial charge in [0, 0.05) is 0 Å². The quantitative estimate of drug-likeness (QED) is 0.322. The summed E-state index contributed by atoms with van der Waals surface area (Å²) in [5.41, 5.74) is 1.51. The Bertz CT molecular complexity index is 300. The molecule has 0 radical (unpaired) electrons. The Kier molecular flexibility index (Phi) is 10.5. The van der Waals surface area contributed by atoms with Gasteiger partial charge in [-0.1, -0.05) is 68.2 Å². The minimum absolute atomic E-state index is 0.450. The molecule has 0 amide bonds. The van der Waals surface area contributed by atoms with Gasteiger partial charge in [0.2, 0.25) is 0 Å². The summed E-state index contributed by atoms with van der Waals surface area (Å²) in [4.78, 5) is 0. The highest BCUT2D eigenvalue weighted by atomic mass is 32.2. The normalized spacial score (nSPS) is 17.1. The third-order valence-corrected chi connectivity index (χ3v) is 7.07. The van der Waals surface area contributed by atoms with Crippen molar-refractivity contribution in [2.45, 2.75) is 107 Å². The Morgan fingerprint density at radius 2 is 1.43 bits per heavy atom. The molecule has 0 N–H and O–H groups in total. The summed E-state index contributed by atoms with van der Waals surface area (Å²) in [6, 6.07) is 0. The number of hydrogen-bond acceptors (Lipinski definition) is 1. The van der Waals surface area contributed by atoms with Gasteiger partial charge in [0.25, 0.3) is 0 Å². The zero-order chi connectivity index (χ0) is 18.1. The van der Waals surface area contributed by atoms with Crippen molar-refractivity contribution >= 4 is 11.8 Å². The SMILES string of the molecule is CCC(C)(CCC(C)C(C)(C)C)CCC(C)(C)CCCCSC. The standard InChI is InChI=1S/C22H46S/c1-10-22(8,15-13-19(2)20(3,4)5)17-16-21(6,7)14-11-12-18-23-9/h19H,10-18H2,1-9H3. The van der Waals surface area contributed by atoms with Gasteiger partial charge in [-0.15, -0.1) is 0 Å². The maximum absolute atomic E-state index is 2.53. The first-order chi connectivity index (χ1) is 10.5. The fraction of sp³-hybridized carbons (Fsp3) is 1.00. The zero-order valence-electron chi connectivity index (χ0n) is 17.8. The lowest BCUT2D eigenvalue weighted by Gasteiger charge is -2.36. The van der Waals surface area contributed by atoms with E-state index in [1.165, 1.54) is 57.1 Å². The average Bonchev–Trinajstić information content (AvgIpc) is 2.46. The van der Waals surface area contributed by atoms with Gasteiger partial charge in [0.1, 0.15) is 0 Å². The molecule has 23 heavy (non-hydrogen) atoms. The van der Waals surface area contributed by atoms with Crippen molar-refractivity contribution in [1.29, 1.82) is 0 Å². The highest BCUT2D eigenvalue weighted by Gasteiger charge is 2.29. The van der Waals surface area contributed by atoms with Gasteiger partial charge >= 0.3 is 0 Å². The molecule has 140 valence electrons. The lowest BCUT2D eigenvalue weighted by atomic mass is 9.70. The van der Waals surface area contributed by atoms with E-state index in [0.717, 1.165) is 5.92 Å². The Morgan fingerprint density at radius 3 is 1.91 bits per heavy atom. The minimum atomic E-state index is 0.450. The summed E-state index contributed by atoms with van der Waals surface area (Å²) in [6.07, 6.45) is 13.3. The zero-order valence-corrected chi connectivity index (χ0v) is 18.7. The van der Waals surface area contributed by atoms with Crippen LogP contribution in [0, 0.1) is 22.2 Å². The molecule has 0 fully saturated rings. The molecule has 2 atom stereocenters. The van der Waals surface area contributed by atoms with Crippen LogP contribution in [0.5, 0.6) is 0 Å². The fourth-order valence-electron chi connectivity index (χ4n) is 3.09. The van der Waals surface area contributed by atoms with Crippen molar-refractivity contribution in [1.82, 2.24) is 0 Å². The van der Waals surface area contributed by atoms with Crippen LogP contribution < -0.4 is 0 Å². The molecule has 2 unspecified atom stereocenters. The molecular formula is C22H46S. The molecule has 0 aromatic carbocycles. The van der Waals surface area contributed by atoms with E-state index in [1.807, 2.05) is 11.8 Å². The first-order valence-corrected chi connectivity index (χ1v) is 11.3. The summed E-state index contributed by atoms with van der Waals surface area (Å²) < 4.78 is 0. The molecule has 0 aromatic heterocycles. The predicted molar refractivity (Wildman–Crippen MR) is 111 cm³/mol. The minimum Gasteiger partial charge on any atom is -0.165 e. The number of unbranched alkanes of at least 4 members (excludes halogenated alkanes) is 1. The van der Waals surface area contributed by atoms with Gasteiger partial charge in [0.15, 0.2) is 0 Å². The fourth-order valence-corrected chi connectivity index (χ4v) is 3.58. The molecule has 0 saturated carbocycles. The van der Waals surface area contributed by atoms with E-state index in [2.05, 4.69) is 61.6 Å². The van der Waals surface area contributed by atoms with Crippen LogP contribution in [0.15, 0.2) is 0 Å². The van der Waals surface area contributed by atoms with Crippen molar-refractivity contribution < 1.29 is 0 Å². The molecule has 0 saturated heterocycles. The lowest BCUT2D eigenvalue weighted by Crippen LogP contribution is -2.24. The molecular weight excluding hydrogens is 296 g/mol. The van der Waals surface area contributed by atoms with Crippen molar-refractivity contribution in [2.24, 2.45) is 22.2 Å². The molecule has 0 aliphatic heterocycles. The summed E-state index contributed by atoms with van der Waals surface area (Å²) in [7, 11) is 0. The van der Waals surface area contributed by atoms with Crippen LogP contribution in [0.1, 0.15) is 107 Å². The Morgan fingerprint density at radius 1 is 0.826 bits per heavy atom. The van der Waals surface area contributed by atoms with E-state index in [-0.39, 0.29) is 0 Å².